The molecule has 0 atom stereocenters. The van der Waals surface area contributed by atoms with Crippen LogP contribution in [0.3, 0.4) is 0 Å². The van der Waals surface area contributed by atoms with Crippen molar-refractivity contribution in [2.45, 2.75) is 0 Å². The number of carbonyl (C=O) groups excluding carboxylic acids is 1. The highest BCUT2D eigenvalue weighted by Gasteiger charge is 2.08. The van der Waals surface area contributed by atoms with E-state index in [1.54, 1.807) is 48.5 Å². The molecule has 2 aromatic carbocycles. The Morgan fingerprint density at radius 1 is 0.960 bits per heavy atom. The molecular formula is C19H16ClNO4. The molecule has 25 heavy (non-hydrogen) atoms. The van der Waals surface area contributed by atoms with Crippen LogP contribution >= 0.6 is 11.6 Å². The largest absolute Gasteiger partial charge is 0.490 e. The lowest BCUT2D eigenvalue weighted by molar-refractivity contribution is 0.0996. The van der Waals surface area contributed by atoms with Gasteiger partial charge in [-0.15, -0.1) is 0 Å². The SMILES string of the molecule is O=C(Nc1ccc(OCCOc2cccc(Cl)c2)cc1)c1ccco1. The first kappa shape index (κ1) is 16.9. The Hall–Kier alpha value is -2.92. The van der Waals surface area contributed by atoms with Crippen molar-refractivity contribution in [1.29, 1.82) is 0 Å². The molecule has 0 radical (unpaired) electrons. The van der Waals surface area contributed by atoms with Crippen LogP contribution in [0.5, 0.6) is 11.5 Å². The third-order valence-electron chi connectivity index (χ3n) is 3.27. The highest BCUT2D eigenvalue weighted by molar-refractivity contribution is 6.30. The van der Waals surface area contributed by atoms with Crippen molar-refractivity contribution in [3.05, 3.63) is 77.7 Å². The number of ether oxygens (including phenoxy) is 2. The summed E-state index contributed by atoms with van der Waals surface area (Å²) in [6.07, 6.45) is 1.46. The zero-order valence-electron chi connectivity index (χ0n) is 13.3. The first-order chi connectivity index (χ1) is 12.2. The molecule has 0 fully saturated rings. The molecule has 0 aliphatic rings. The second kappa shape index (κ2) is 8.26. The maximum atomic E-state index is 11.9. The van der Waals surface area contributed by atoms with E-state index in [0.29, 0.717) is 35.4 Å². The zero-order chi connectivity index (χ0) is 17.5. The number of amides is 1. The number of furan rings is 1. The molecular weight excluding hydrogens is 342 g/mol. The molecule has 1 aromatic heterocycles. The third kappa shape index (κ3) is 5.02. The van der Waals surface area contributed by atoms with Gasteiger partial charge in [0, 0.05) is 10.7 Å². The van der Waals surface area contributed by atoms with Gasteiger partial charge in [0.25, 0.3) is 5.91 Å². The van der Waals surface area contributed by atoms with Crippen LogP contribution in [0.2, 0.25) is 5.02 Å². The van der Waals surface area contributed by atoms with Crippen molar-refractivity contribution in [3.63, 3.8) is 0 Å². The van der Waals surface area contributed by atoms with Gasteiger partial charge in [-0.05, 0) is 54.6 Å². The first-order valence-corrected chi connectivity index (χ1v) is 8.04. The quantitative estimate of drug-likeness (QED) is 0.625. The summed E-state index contributed by atoms with van der Waals surface area (Å²) in [5.74, 6) is 1.35. The van der Waals surface area contributed by atoms with Crippen molar-refractivity contribution in [2.24, 2.45) is 0 Å². The maximum absolute atomic E-state index is 11.9. The number of anilines is 1. The second-order valence-corrected chi connectivity index (χ2v) is 5.55. The summed E-state index contributed by atoms with van der Waals surface area (Å²) in [6.45, 7) is 0.794. The van der Waals surface area contributed by atoms with Gasteiger partial charge in [-0.1, -0.05) is 17.7 Å². The normalized spacial score (nSPS) is 10.3. The van der Waals surface area contributed by atoms with Gasteiger partial charge < -0.3 is 19.2 Å². The van der Waals surface area contributed by atoms with Crippen molar-refractivity contribution in [2.75, 3.05) is 18.5 Å². The number of hydrogen-bond acceptors (Lipinski definition) is 4. The van der Waals surface area contributed by atoms with E-state index in [0.717, 1.165) is 0 Å². The summed E-state index contributed by atoms with van der Waals surface area (Å²) in [5, 5.41) is 3.37. The number of hydrogen-bond donors (Lipinski definition) is 1. The number of carbonyl (C=O) groups is 1. The lowest BCUT2D eigenvalue weighted by Gasteiger charge is -2.09. The number of benzene rings is 2. The fourth-order valence-electron chi connectivity index (χ4n) is 2.11. The van der Waals surface area contributed by atoms with E-state index in [9.17, 15) is 4.79 Å². The summed E-state index contributed by atoms with van der Waals surface area (Å²) in [5.41, 5.74) is 0.656. The van der Waals surface area contributed by atoms with E-state index in [1.165, 1.54) is 6.26 Å². The van der Waals surface area contributed by atoms with E-state index >= 15 is 0 Å². The van der Waals surface area contributed by atoms with Gasteiger partial charge in [0.15, 0.2) is 5.76 Å². The van der Waals surface area contributed by atoms with Gasteiger partial charge in [0.05, 0.1) is 6.26 Å². The smallest absolute Gasteiger partial charge is 0.291 e. The van der Waals surface area contributed by atoms with E-state index in [2.05, 4.69) is 5.32 Å². The molecule has 0 unspecified atom stereocenters. The Morgan fingerprint density at radius 2 is 1.72 bits per heavy atom. The van der Waals surface area contributed by atoms with Crippen LogP contribution in [-0.2, 0) is 0 Å². The zero-order valence-corrected chi connectivity index (χ0v) is 14.0. The average Bonchev–Trinajstić information content (AvgIpc) is 3.15. The van der Waals surface area contributed by atoms with E-state index in [-0.39, 0.29) is 11.7 Å². The molecule has 0 aliphatic carbocycles. The molecule has 0 saturated heterocycles. The Morgan fingerprint density at radius 3 is 2.40 bits per heavy atom. The van der Waals surface area contributed by atoms with Crippen LogP contribution in [0, 0.1) is 0 Å². The number of halogens is 1. The minimum absolute atomic E-state index is 0.262. The molecule has 0 bridgehead atoms. The Kier molecular flexibility index (Phi) is 5.59. The molecule has 1 amide bonds. The molecule has 3 rings (SSSR count). The van der Waals surface area contributed by atoms with Crippen LogP contribution in [-0.4, -0.2) is 19.1 Å². The molecule has 1 heterocycles. The van der Waals surface area contributed by atoms with Crippen LogP contribution in [0.25, 0.3) is 0 Å². The second-order valence-electron chi connectivity index (χ2n) is 5.11. The predicted octanol–water partition coefficient (Wildman–Crippen LogP) is 4.64. The predicted molar refractivity (Wildman–Crippen MR) is 95.5 cm³/mol. The van der Waals surface area contributed by atoms with Gasteiger partial charge in [0.2, 0.25) is 0 Å². The van der Waals surface area contributed by atoms with Crippen LogP contribution in [0.15, 0.2) is 71.3 Å². The van der Waals surface area contributed by atoms with Crippen molar-refractivity contribution in [1.82, 2.24) is 0 Å². The highest BCUT2D eigenvalue weighted by atomic mass is 35.5. The standard InChI is InChI=1S/C19H16ClNO4/c20-14-3-1-4-17(13-14)24-12-11-23-16-8-6-15(7-9-16)21-19(22)18-5-2-10-25-18/h1-10,13H,11-12H2,(H,21,22). The Bertz CT molecular complexity index is 816. The first-order valence-electron chi connectivity index (χ1n) is 7.67. The molecule has 6 heteroatoms. The summed E-state index contributed by atoms with van der Waals surface area (Å²) in [6, 6.07) is 17.5. The third-order valence-corrected chi connectivity index (χ3v) is 3.51. The summed E-state index contributed by atoms with van der Waals surface area (Å²) >= 11 is 5.89. The van der Waals surface area contributed by atoms with E-state index < -0.39 is 0 Å². The van der Waals surface area contributed by atoms with Crippen LogP contribution in [0.1, 0.15) is 10.6 Å². The van der Waals surface area contributed by atoms with Gasteiger partial charge in [-0.25, -0.2) is 0 Å². The van der Waals surface area contributed by atoms with Gasteiger partial charge in [-0.3, -0.25) is 4.79 Å². The van der Waals surface area contributed by atoms with Crippen LogP contribution < -0.4 is 14.8 Å². The lowest BCUT2D eigenvalue weighted by Crippen LogP contribution is -2.11. The Labute approximate surface area is 150 Å². The molecule has 1 N–H and O–H groups in total. The lowest BCUT2D eigenvalue weighted by atomic mass is 10.3. The van der Waals surface area contributed by atoms with Gasteiger partial charge in [0.1, 0.15) is 24.7 Å². The summed E-state index contributed by atoms with van der Waals surface area (Å²) in [7, 11) is 0. The average molecular weight is 358 g/mol. The monoisotopic (exact) mass is 357 g/mol. The maximum Gasteiger partial charge on any atom is 0.291 e. The molecule has 128 valence electrons. The molecule has 5 nitrogen and oxygen atoms in total. The van der Waals surface area contributed by atoms with Gasteiger partial charge >= 0.3 is 0 Å². The fraction of sp³-hybridized carbons (Fsp3) is 0.105. The molecule has 0 saturated carbocycles. The van der Waals surface area contributed by atoms with Crippen LogP contribution in [0.4, 0.5) is 5.69 Å². The minimum atomic E-state index is -0.298. The Balaban J connectivity index is 1.44. The minimum Gasteiger partial charge on any atom is -0.490 e. The van der Waals surface area contributed by atoms with Crippen molar-refractivity contribution < 1.29 is 18.7 Å². The van der Waals surface area contributed by atoms with Crippen molar-refractivity contribution in [3.8, 4) is 11.5 Å². The summed E-state index contributed by atoms with van der Waals surface area (Å²) in [4.78, 5) is 11.9. The van der Waals surface area contributed by atoms with Crippen molar-refractivity contribution >= 4 is 23.2 Å². The number of rotatable bonds is 7. The topological polar surface area (TPSA) is 60.7 Å². The van der Waals surface area contributed by atoms with Gasteiger partial charge in [-0.2, -0.15) is 0 Å². The molecule has 0 aliphatic heterocycles. The summed E-state index contributed by atoms with van der Waals surface area (Å²) < 4.78 is 16.2. The number of nitrogens with one attached hydrogen (secondary N) is 1. The highest BCUT2D eigenvalue weighted by Crippen LogP contribution is 2.18. The van der Waals surface area contributed by atoms with E-state index in [4.69, 9.17) is 25.5 Å². The molecule has 0 spiro atoms. The fourth-order valence-corrected chi connectivity index (χ4v) is 2.29. The molecule has 3 aromatic rings. The van der Waals surface area contributed by atoms with E-state index in [1.807, 2.05) is 12.1 Å².